The van der Waals surface area contributed by atoms with Crippen LogP contribution in [0.25, 0.3) is 0 Å². The molecule has 20 heavy (non-hydrogen) atoms. The molecule has 2 rings (SSSR count). The summed E-state index contributed by atoms with van der Waals surface area (Å²) >= 11 is 0. The van der Waals surface area contributed by atoms with Crippen molar-refractivity contribution in [3.63, 3.8) is 0 Å². The maximum atomic E-state index is 3.78. The van der Waals surface area contributed by atoms with Gasteiger partial charge in [-0.3, -0.25) is 4.90 Å². The first-order valence-electron chi connectivity index (χ1n) is 8.20. The van der Waals surface area contributed by atoms with E-state index in [9.17, 15) is 0 Å². The van der Waals surface area contributed by atoms with Gasteiger partial charge in [0.2, 0.25) is 0 Å². The lowest BCUT2D eigenvalue weighted by atomic mass is 9.88. The highest BCUT2D eigenvalue weighted by Crippen LogP contribution is 2.25. The summed E-state index contributed by atoms with van der Waals surface area (Å²) in [5.41, 5.74) is 3.31. The summed E-state index contributed by atoms with van der Waals surface area (Å²) in [5.74, 6) is 0. The van der Waals surface area contributed by atoms with Gasteiger partial charge >= 0.3 is 0 Å². The summed E-state index contributed by atoms with van der Waals surface area (Å²) in [6, 6.07) is 9.52. The molecular weight excluding hydrogens is 244 g/mol. The predicted octanol–water partition coefficient (Wildman–Crippen LogP) is 3.60. The minimum atomic E-state index is 0.313. The van der Waals surface area contributed by atoms with Crippen molar-refractivity contribution in [2.75, 3.05) is 13.1 Å². The lowest BCUT2D eigenvalue weighted by Crippen LogP contribution is -2.62. The number of piperazine rings is 1. The van der Waals surface area contributed by atoms with Gasteiger partial charge in [0.1, 0.15) is 0 Å². The van der Waals surface area contributed by atoms with Crippen molar-refractivity contribution in [3.05, 3.63) is 35.4 Å². The average molecular weight is 274 g/mol. The van der Waals surface area contributed by atoms with Crippen LogP contribution in [-0.4, -0.2) is 29.6 Å². The summed E-state index contributed by atoms with van der Waals surface area (Å²) < 4.78 is 0. The molecule has 0 aromatic heterocycles. The van der Waals surface area contributed by atoms with Gasteiger partial charge in [-0.2, -0.15) is 0 Å². The van der Waals surface area contributed by atoms with Crippen molar-refractivity contribution < 1.29 is 0 Å². The first-order valence-corrected chi connectivity index (χ1v) is 8.20. The van der Waals surface area contributed by atoms with Gasteiger partial charge < -0.3 is 5.32 Å². The van der Waals surface area contributed by atoms with Crippen LogP contribution in [0.2, 0.25) is 0 Å². The average Bonchev–Trinajstić information content (AvgIpc) is 2.50. The fourth-order valence-electron chi connectivity index (χ4n) is 3.30. The van der Waals surface area contributed by atoms with Gasteiger partial charge in [-0.05, 0) is 37.3 Å². The molecule has 1 aromatic rings. The maximum absolute atomic E-state index is 3.78. The normalized spacial score (nSPS) is 22.9. The first-order chi connectivity index (χ1) is 9.64. The largest absolute Gasteiger partial charge is 0.308 e. The van der Waals surface area contributed by atoms with Crippen LogP contribution in [0.4, 0.5) is 0 Å². The van der Waals surface area contributed by atoms with E-state index in [-0.39, 0.29) is 0 Å². The number of nitrogens with zero attached hydrogens (tertiary/aromatic N) is 1. The zero-order chi connectivity index (χ0) is 14.6. The zero-order valence-electron chi connectivity index (χ0n) is 13.6. The summed E-state index contributed by atoms with van der Waals surface area (Å²) in [6.45, 7) is 12.6. The fourth-order valence-corrected chi connectivity index (χ4v) is 3.30. The number of nitrogens with one attached hydrogen (secondary N) is 1. The van der Waals surface area contributed by atoms with Gasteiger partial charge in [-0.15, -0.1) is 0 Å². The van der Waals surface area contributed by atoms with E-state index in [1.807, 2.05) is 0 Å². The summed E-state index contributed by atoms with van der Waals surface area (Å²) in [4.78, 5) is 2.66. The van der Waals surface area contributed by atoms with Crippen molar-refractivity contribution in [2.45, 2.75) is 65.1 Å². The Morgan fingerprint density at radius 3 is 2.40 bits per heavy atom. The molecule has 1 aliphatic rings. The highest BCUT2D eigenvalue weighted by atomic mass is 15.2. The SMILES string of the molecule is CCc1ccccc1CN1CC(CC)(CC)NCC1C. The standard InChI is InChI=1S/C18H30N2/c1-5-16-10-8-9-11-17(16)13-20-14-18(6-2,7-3)19-12-15(20)4/h8-11,15,19H,5-7,12-14H2,1-4H3. The Morgan fingerprint density at radius 1 is 1.15 bits per heavy atom. The summed E-state index contributed by atoms with van der Waals surface area (Å²) in [6.07, 6.45) is 3.55. The van der Waals surface area contributed by atoms with Gasteiger partial charge in [0.25, 0.3) is 0 Å². The number of rotatable bonds is 5. The van der Waals surface area contributed by atoms with Crippen molar-refractivity contribution in [1.29, 1.82) is 0 Å². The third-order valence-electron chi connectivity index (χ3n) is 5.13. The second-order valence-electron chi connectivity index (χ2n) is 6.24. The third-order valence-corrected chi connectivity index (χ3v) is 5.13. The molecule has 2 nitrogen and oxygen atoms in total. The fraction of sp³-hybridized carbons (Fsp3) is 0.667. The smallest absolute Gasteiger partial charge is 0.0304 e. The molecule has 1 aliphatic heterocycles. The van der Waals surface area contributed by atoms with Crippen LogP contribution < -0.4 is 5.32 Å². The van der Waals surface area contributed by atoms with Gasteiger partial charge in [0, 0.05) is 31.2 Å². The number of hydrogen-bond donors (Lipinski definition) is 1. The Labute approximate surface area is 124 Å². The van der Waals surface area contributed by atoms with E-state index < -0.39 is 0 Å². The van der Waals surface area contributed by atoms with E-state index in [4.69, 9.17) is 0 Å². The van der Waals surface area contributed by atoms with Crippen LogP contribution in [0.1, 0.15) is 51.7 Å². The Bertz CT molecular complexity index is 423. The molecule has 0 bridgehead atoms. The van der Waals surface area contributed by atoms with Crippen LogP contribution in [0.5, 0.6) is 0 Å². The monoisotopic (exact) mass is 274 g/mol. The summed E-state index contributed by atoms with van der Waals surface area (Å²) in [5, 5.41) is 3.78. The Morgan fingerprint density at radius 2 is 1.80 bits per heavy atom. The summed E-state index contributed by atoms with van der Waals surface area (Å²) in [7, 11) is 0. The van der Waals surface area contributed by atoms with E-state index in [1.54, 1.807) is 0 Å². The molecule has 1 heterocycles. The molecule has 0 amide bonds. The molecule has 0 spiro atoms. The van der Waals surface area contributed by atoms with Crippen LogP contribution in [0, 0.1) is 0 Å². The minimum absolute atomic E-state index is 0.313. The minimum Gasteiger partial charge on any atom is -0.308 e. The lowest BCUT2D eigenvalue weighted by molar-refractivity contribution is 0.0744. The second-order valence-corrected chi connectivity index (χ2v) is 6.24. The van der Waals surface area contributed by atoms with E-state index in [2.05, 4.69) is 62.2 Å². The van der Waals surface area contributed by atoms with Crippen molar-refractivity contribution >= 4 is 0 Å². The zero-order valence-corrected chi connectivity index (χ0v) is 13.6. The van der Waals surface area contributed by atoms with Crippen molar-refractivity contribution in [3.8, 4) is 0 Å². The van der Waals surface area contributed by atoms with Gasteiger partial charge in [0.15, 0.2) is 0 Å². The Hall–Kier alpha value is -0.860. The van der Waals surface area contributed by atoms with Crippen molar-refractivity contribution in [1.82, 2.24) is 10.2 Å². The lowest BCUT2D eigenvalue weighted by Gasteiger charge is -2.46. The quantitative estimate of drug-likeness (QED) is 0.882. The second kappa shape index (κ2) is 6.73. The van der Waals surface area contributed by atoms with Gasteiger partial charge in [-0.1, -0.05) is 45.0 Å². The molecule has 1 saturated heterocycles. The number of benzene rings is 1. The van der Waals surface area contributed by atoms with Crippen LogP contribution in [0.15, 0.2) is 24.3 Å². The molecule has 0 saturated carbocycles. The van der Waals surface area contributed by atoms with E-state index in [1.165, 1.54) is 30.5 Å². The van der Waals surface area contributed by atoms with Crippen LogP contribution >= 0.6 is 0 Å². The molecule has 1 fully saturated rings. The molecule has 1 atom stereocenters. The highest BCUT2D eigenvalue weighted by Gasteiger charge is 2.34. The molecule has 0 aliphatic carbocycles. The first kappa shape index (κ1) is 15.5. The predicted molar refractivity (Wildman–Crippen MR) is 87.0 cm³/mol. The van der Waals surface area contributed by atoms with Crippen LogP contribution in [-0.2, 0) is 13.0 Å². The van der Waals surface area contributed by atoms with E-state index >= 15 is 0 Å². The van der Waals surface area contributed by atoms with Gasteiger partial charge in [0.05, 0.1) is 0 Å². The molecule has 0 radical (unpaired) electrons. The molecular formula is C18H30N2. The number of hydrogen-bond acceptors (Lipinski definition) is 2. The third kappa shape index (κ3) is 3.24. The van der Waals surface area contributed by atoms with Crippen molar-refractivity contribution in [2.24, 2.45) is 0 Å². The highest BCUT2D eigenvalue weighted by molar-refractivity contribution is 5.27. The van der Waals surface area contributed by atoms with Gasteiger partial charge in [-0.25, -0.2) is 0 Å². The molecule has 1 unspecified atom stereocenters. The number of aryl methyl sites for hydroxylation is 1. The topological polar surface area (TPSA) is 15.3 Å². The van der Waals surface area contributed by atoms with E-state index in [0.29, 0.717) is 11.6 Å². The molecule has 2 heteroatoms. The molecule has 1 N–H and O–H groups in total. The molecule has 1 aromatic carbocycles. The van der Waals surface area contributed by atoms with E-state index in [0.717, 1.165) is 19.5 Å². The molecule has 112 valence electrons. The van der Waals surface area contributed by atoms with Crippen LogP contribution in [0.3, 0.4) is 0 Å². The Balaban J connectivity index is 2.14. The maximum Gasteiger partial charge on any atom is 0.0304 e. The Kier molecular flexibility index (Phi) is 5.22.